The molecule has 3 rings (SSSR count). The molecule has 122 valence electrons. The predicted octanol–water partition coefficient (Wildman–Crippen LogP) is 2.15. The minimum Gasteiger partial charge on any atom is -0.468 e. The van der Waals surface area contributed by atoms with Gasteiger partial charge in [-0.2, -0.15) is 0 Å². The van der Waals surface area contributed by atoms with Crippen LogP contribution in [0.25, 0.3) is 0 Å². The summed E-state index contributed by atoms with van der Waals surface area (Å²) in [7, 11) is 1.33. The third-order valence-corrected chi connectivity index (χ3v) is 5.63. The van der Waals surface area contributed by atoms with E-state index in [0.717, 1.165) is 11.8 Å². The number of benzene rings is 1. The number of rotatable bonds is 3. The molecule has 0 radical (unpaired) electrons. The first-order valence-corrected chi connectivity index (χ1v) is 8.37. The zero-order chi connectivity index (χ0) is 16.6. The molecule has 1 N–H and O–H groups in total. The number of carbonyl (C=O) groups excluding carboxylic acids is 2. The van der Waals surface area contributed by atoms with Crippen LogP contribution in [0, 0.1) is 0 Å². The van der Waals surface area contributed by atoms with Crippen molar-refractivity contribution in [2.45, 2.75) is 17.4 Å². The number of halogens is 1. The number of likely N-dealkylation sites (tertiary alicyclic amines) is 1. The molecule has 1 saturated heterocycles. The molecule has 0 unspecified atom stereocenters. The summed E-state index contributed by atoms with van der Waals surface area (Å²) in [6.45, 7) is 0.777. The Balaban J connectivity index is 1.93. The van der Waals surface area contributed by atoms with Crippen LogP contribution in [0.1, 0.15) is 18.0 Å². The largest absolute Gasteiger partial charge is 0.468 e. The molecule has 23 heavy (non-hydrogen) atoms. The molecule has 2 aliphatic rings. The Kier molecular flexibility index (Phi) is 4.51. The number of hydrogen-bond donors (Lipinski definition) is 1. The Labute approximate surface area is 143 Å². The normalized spacial score (nSPS) is 25.7. The van der Waals surface area contributed by atoms with Crippen LogP contribution in [-0.4, -0.2) is 46.2 Å². The smallest absolute Gasteiger partial charge is 0.327 e. The number of fused-ring (bicyclic) bond motifs is 1. The highest BCUT2D eigenvalue weighted by atomic mass is 35.5. The number of nitrogens with zero attached hydrogens (tertiary/aromatic N) is 1. The van der Waals surface area contributed by atoms with Gasteiger partial charge in [0.2, 0.25) is 5.12 Å². The minimum absolute atomic E-state index is 0.156. The fourth-order valence-electron chi connectivity index (χ4n) is 2.99. The van der Waals surface area contributed by atoms with Crippen LogP contribution in [0.5, 0.6) is 0 Å². The summed E-state index contributed by atoms with van der Waals surface area (Å²) in [6.07, 6.45) is 1.82. The van der Waals surface area contributed by atoms with Crippen molar-refractivity contribution in [2.75, 3.05) is 20.2 Å². The van der Waals surface area contributed by atoms with Crippen LogP contribution in [0.4, 0.5) is 0 Å². The van der Waals surface area contributed by atoms with Crippen molar-refractivity contribution in [2.24, 2.45) is 0 Å². The van der Waals surface area contributed by atoms with E-state index in [-0.39, 0.29) is 5.12 Å². The molecule has 1 aromatic carbocycles. The summed E-state index contributed by atoms with van der Waals surface area (Å²) in [5, 5.41) is 10.8. The van der Waals surface area contributed by atoms with Gasteiger partial charge < -0.3 is 9.84 Å². The van der Waals surface area contributed by atoms with E-state index in [1.54, 1.807) is 18.2 Å². The molecular formula is C16H16ClNO4S. The van der Waals surface area contributed by atoms with E-state index in [4.69, 9.17) is 16.3 Å². The van der Waals surface area contributed by atoms with Gasteiger partial charge in [0.15, 0.2) is 0 Å². The first-order valence-electron chi connectivity index (χ1n) is 7.17. The second-order valence-corrected chi connectivity index (χ2v) is 7.23. The molecule has 5 nitrogen and oxygen atoms in total. The number of aliphatic hydroxyl groups is 1. The lowest BCUT2D eigenvalue weighted by Gasteiger charge is -2.39. The maximum atomic E-state index is 12.3. The summed E-state index contributed by atoms with van der Waals surface area (Å²) < 4.78 is 4.94. The summed E-state index contributed by atoms with van der Waals surface area (Å²) >= 11 is 7.18. The van der Waals surface area contributed by atoms with Crippen molar-refractivity contribution in [1.29, 1.82) is 0 Å². The monoisotopic (exact) mass is 353 g/mol. The van der Waals surface area contributed by atoms with E-state index in [2.05, 4.69) is 0 Å². The maximum absolute atomic E-state index is 12.3. The van der Waals surface area contributed by atoms with Crippen molar-refractivity contribution in [3.63, 3.8) is 0 Å². The molecule has 2 heterocycles. The van der Waals surface area contributed by atoms with Crippen molar-refractivity contribution in [3.8, 4) is 0 Å². The van der Waals surface area contributed by atoms with Gasteiger partial charge in [-0.1, -0.05) is 29.8 Å². The number of esters is 1. The van der Waals surface area contributed by atoms with Crippen molar-refractivity contribution in [3.05, 3.63) is 46.5 Å². The molecule has 0 bridgehead atoms. The van der Waals surface area contributed by atoms with Gasteiger partial charge >= 0.3 is 5.97 Å². The van der Waals surface area contributed by atoms with Gasteiger partial charge in [-0.25, -0.2) is 4.79 Å². The number of piperidine rings is 1. The van der Waals surface area contributed by atoms with Crippen LogP contribution in [0.15, 0.2) is 35.9 Å². The zero-order valence-electron chi connectivity index (χ0n) is 12.5. The average Bonchev–Trinajstić information content (AvgIpc) is 2.82. The van der Waals surface area contributed by atoms with Gasteiger partial charge in [-0.3, -0.25) is 9.69 Å². The van der Waals surface area contributed by atoms with Crippen LogP contribution >= 0.6 is 23.4 Å². The van der Waals surface area contributed by atoms with Gasteiger partial charge in [0.05, 0.1) is 7.11 Å². The molecule has 0 amide bonds. The van der Waals surface area contributed by atoms with Gasteiger partial charge in [-0.15, -0.1) is 0 Å². The number of ether oxygens (including phenoxy) is 1. The molecule has 0 aromatic heterocycles. The van der Waals surface area contributed by atoms with E-state index in [1.165, 1.54) is 13.2 Å². The van der Waals surface area contributed by atoms with Crippen molar-refractivity contribution >= 4 is 34.4 Å². The molecule has 0 spiro atoms. The van der Waals surface area contributed by atoms with Crippen LogP contribution in [-0.2, 0) is 14.3 Å². The summed E-state index contributed by atoms with van der Waals surface area (Å²) in [5.74, 6) is -0.416. The molecule has 7 heteroatoms. The predicted molar refractivity (Wildman–Crippen MR) is 88.0 cm³/mol. The Morgan fingerprint density at radius 3 is 2.91 bits per heavy atom. The van der Waals surface area contributed by atoms with Crippen molar-refractivity contribution < 1.29 is 19.4 Å². The number of carbonyl (C=O) groups is 2. The van der Waals surface area contributed by atoms with E-state index >= 15 is 0 Å². The highest BCUT2D eigenvalue weighted by Crippen LogP contribution is 2.45. The number of methoxy groups -OCH3 is 1. The van der Waals surface area contributed by atoms with Gasteiger partial charge in [-0.05, 0) is 35.0 Å². The van der Waals surface area contributed by atoms with Gasteiger partial charge in [0.1, 0.15) is 11.0 Å². The van der Waals surface area contributed by atoms with Gasteiger partial charge in [0.25, 0.3) is 0 Å². The Morgan fingerprint density at radius 1 is 1.48 bits per heavy atom. The molecule has 0 saturated carbocycles. The fraction of sp³-hybridized carbons (Fsp3) is 0.375. The maximum Gasteiger partial charge on any atom is 0.327 e. The first kappa shape index (κ1) is 16.5. The van der Waals surface area contributed by atoms with Crippen LogP contribution in [0.3, 0.4) is 0 Å². The second kappa shape index (κ2) is 6.28. The lowest BCUT2D eigenvalue weighted by atomic mass is 9.96. The van der Waals surface area contributed by atoms with Crippen LogP contribution in [0.2, 0.25) is 5.02 Å². The molecule has 1 aromatic rings. The zero-order valence-corrected chi connectivity index (χ0v) is 14.1. The van der Waals surface area contributed by atoms with E-state index in [0.29, 0.717) is 35.7 Å². The Bertz CT molecular complexity index is 692. The molecule has 1 fully saturated rings. The fourth-order valence-corrected chi connectivity index (χ4v) is 4.21. The topological polar surface area (TPSA) is 66.8 Å². The van der Waals surface area contributed by atoms with Crippen molar-refractivity contribution in [1.82, 2.24) is 4.90 Å². The lowest BCUT2D eigenvalue weighted by Crippen LogP contribution is -2.46. The SMILES string of the molecule is COC(=O)[C@H](c1ccccc1Cl)N1CC[C@]2(O)SC(=O)C=C2C1. The quantitative estimate of drug-likeness (QED) is 0.840. The first-order chi connectivity index (χ1) is 10.9. The van der Waals surface area contributed by atoms with Crippen LogP contribution < -0.4 is 0 Å². The van der Waals surface area contributed by atoms with E-state index in [9.17, 15) is 14.7 Å². The number of hydrogen-bond acceptors (Lipinski definition) is 6. The molecule has 2 atom stereocenters. The summed E-state index contributed by atoms with van der Waals surface area (Å²) in [4.78, 5) is 24.7. The summed E-state index contributed by atoms with van der Waals surface area (Å²) in [5.41, 5.74) is 1.28. The summed E-state index contributed by atoms with van der Waals surface area (Å²) in [6, 6.07) is 6.45. The molecule has 2 aliphatic heterocycles. The highest BCUT2D eigenvalue weighted by Gasteiger charge is 2.46. The van der Waals surface area contributed by atoms with E-state index in [1.807, 2.05) is 11.0 Å². The Hall–Kier alpha value is -1.34. The number of thioether (sulfide) groups is 1. The molecular weight excluding hydrogens is 338 g/mol. The van der Waals surface area contributed by atoms with E-state index < -0.39 is 16.9 Å². The highest BCUT2D eigenvalue weighted by molar-refractivity contribution is 8.15. The lowest BCUT2D eigenvalue weighted by molar-refractivity contribution is -0.147. The standard InChI is InChI=1S/C16H16ClNO4S/c1-22-15(20)14(11-4-2-3-5-12(11)17)18-7-6-16(21)10(9-18)8-13(19)23-16/h2-5,8,14,21H,6-7,9H2,1H3/t14-,16-/m0/s1. The molecule has 0 aliphatic carbocycles. The minimum atomic E-state index is -1.14. The second-order valence-electron chi connectivity index (χ2n) is 5.54. The third kappa shape index (κ3) is 3.04. The average molecular weight is 354 g/mol. The third-order valence-electron chi connectivity index (χ3n) is 4.16. The van der Waals surface area contributed by atoms with Gasteiger partial charge in [0, 0.05) is 24.5 Å². The Morgan fingerprint density at radius 2 is 2.22 bits per heavy atom.